The van der Waals surface area contributed by atoms with Gasteiger partial charge in [-0.15, -0.1) is 0 Å². The number of nitrogens with zero attached hydrogens (tertiary/aromatic N) is 3. The zero-order chi connectivity index (χ0) is 18.2. The Bertz CT molecular complexity index is 852. The molecule has 140 valence electrons. The molecule has 2 aliphatic heterocycles. The van der Waals surface area contributed by atoms with Crippen molar-refractivity contribution in [3.05, 3.63) is 24.5 Å². The highest BCUT2D eigenvalue weighted by molar-refractivity contribution is 7.89. The van der Waals surface area contributed by atoms with Gasteiger partial charge in [0.2, 0.25) is 15.9 Å². The normalized spacial score (nSPS) is 35.3. The van der Waals surface area contributed by atoms with Gasteiger partial charge in [-0.1, -0.05) is 13.3 Å². The number of fused-ring (bicyclic) bond motifs is 1. The van der Waals surface area contributed by atoms with E-state index in [2.05, 4.69) is 11.9 Å². The number of rotatable bonds is 3. The number of amides is 1. The van der Waals surface area contributed by atoms with Crippen molar-refractivity contribution in [1.82, 2.24) is 14.2 Å². The topological polar surface area (TPSA) is 70.6 Å². The maximum absolute atomic E-state index is 12.9. The maximum Gasteiger partial charge on any atom is 0.244 e. The first-order valence-electron chi connectivity index (χ1n) is 9.53. The summed E-state index contributed by atoms with van der Waals surface area (Å²) in [5.41, 5.74) is 0.206. The van der Waals surface area contributed by atoms with E-state index in [1.807, 2.05) is 4.90 Å². The number of hydrogen-bond donors (Lipinski definition) is 0. The molecule has 2 saturated carbocycles. The van der Waals surface area contributed by atoms with E-state index in [1.165, 1.54) is 25.5 Å². The van der Waals surface area contributed by atoms with Crippen LogP contribution in [0.1, 0.15) is 32.6 Å². The fourth-order valence-corrected chi connectivity index (χ4v) is 6.97. The molecule has 1 aromatic rings. The second kappa shape index (κ2) is 5.29. The minimum atomic E-state index is -3.51. The van der Waals surface area contributed by atoms with Crippen LogP contribution in [0, 0.1) is 22.7 Å². The molecule has 4 aliphatic rings. The number of carbonyl (C=O) groups is 1. The van der Waals surface area contributed by atoms with E-state index in [-0.39, 0.29) is 22.1 Å². The largest absolute Gasteiger partial charge is 0.341 e. The second-order valence-corrected chi connectivity index (χ2v) is 11.0. The molecule has 2 saturated heterocycles. The lowest BCUT2D eigenvalue weighted by molar-refractivity contribution is -0.133. The van der Waals surface area contributed by atoms with Crippen LogP contribution in [0.2, 0.25) is 0 Å². The van der Waals surface area contributed by atoms with Gasteiger partial charge in [-0.2, -0.15) is 4.31 Å². The van der Waals surface area contributed by atoms with Crippen molar-refractivity contribution in [3.63, 3.8) is 0 Å². The van der Waals surface area contributed by atoms with E-state index >= 15 is 0 Å². The summed E-state index contributed by atoms with van der Waals surface area (Å²) >= 11 is 0. The molecule has 3 atom stereocenters. The average molecular weight is 375 g/mol. The van der Waals surface area contributed by atoms with Gasteiger partial charge in [-0.3, -0.25) is 9.78 Å². The molecule has 1 aromatic heterocycles. The lowest BCUT2D eigenvalue weighted by Gasteiger charge is -2.29. The van der Waals surface area contributed by atoms with Gasteiger partial charge in [0.05, 0.1) is 0 Å². The van der Waals surface area contributed by atoms with Gasteiger partial charge in [0.1, 0.15) is 4.90 Å². The minimum absolute atomic E-state index is 0.146. The van der Waals surface area contributed by atoms with E-state index < -0.39 is 10.0 Å². The van der Waals surface area contributed by atoms with Crippen LogP contribution in [0.15, 0.2) is 29.4 Å². The number of pyridine rings is 1. The van der Waals surface area contributed by atoms with E-state index in [0.29, 0.717) is 37.5 Å². The highest BCUT2D eigenvalue weighted by Crippen LogP contribution is 2.66. The van der Waals surface area contributed by atoms with Crippen LogP contribution in [0.5, 0.6) is 0 Å². The van der Waals surface area contributed by atoms with Gasteiger partial charge in [0.15, 0.2) is 0 Å². The van der Waals surface area contributed by atoms with E-state index in [4.69, 9.17) is 0 Å². The lowest BCUT2D eigenvalue weighted by atomic mass is 9.79. The van der Waals surface area contributed by atoms with Crippen LogP contribution in [-0.2, 0) is 14.8 Å². The Morgan fingerprint density at radius 3 is 2.65 bits per heavy atom. The molecular formula is C19H25N3O3S. The first-order valence-corrected chi connectivity index (χ1v) is 11.0. The second-order valence-electron chi connectivity index (χ2n) is 9.03. The molecule has 1 amide bonds. The highest BCUT2D eigenvalue weighted by Gasteiger charge is 2.63. The summed E-state index contributed by atoms with van der Waals surface area (Å²) in [6.07, 6.45) is 7.77. The van der Waals surface area contributed by atoms with Gasteiger partial charge < -0.3 is 4.90 Å². The quantitative estimate of drug-likeness (QED) is 0.807. The van der Waals surface area contributed by atoms with Crippen molar-refractivity contribution in [1.29, 1.82) is 0 Å². The lowest BCUT2D eigenvalue weighted by Crippen LogP contribution is -2.39. The Kier molecular flexibility index (Phi) is 3.39. The third kappa shape index (κ3) is 2.29. The maximum atomic E-state index is 12.9. The molecule has 7 heteroatoms. The summed E-state index contributed by atoms with van der Waals surface area (Å²) in [4.78, 5) is 19.1. The summed E-state index contributed by atoms with van der Waals surface area (Å²) < 4.78 is 27.3. The smallest absolute Gasteiger partial charge is 0.244 e. The van der Waals surface area contributed by atoms with Crippen molar-refractivity contribution >= 4 is 15.9 Å². The SMILES string of the molecule is C[C@]12CN(C(=O)C3CC34CCC4)C[C@H]1CN(S(=O)(=O)c1cccnc1)C2. The van der Waals surface area contributed by atoms with Crippen LogP contribution in [-0.4, -0.2) is 54.7 Å². The molecule has 4 fully saturated rings. The molecular weight excluding hydrogens is 350 g/mol. The molecule has 1 spiro atoms. The van der Waals surface area contributed by atoms with Gasteiger partial charge >= 0.3 is 0 Å². The zero-order valence-corrected chi connectivity index (χ0v) is 15.9. The fourth-order valence-electron chi connectivity index (χ4n) is 5.39. The van der Waals surface area contributed by atoms with Crippen molar-refractivity contribution < 1.29 is 13.2 Å². The van der Waals surface area contributed by atoms with Crippen molar-refractivity contribution in [2.45, 2.75) is 37.5 Å². The first kappa shape index (κ1) is 16.7. The summed E-state index contributed by atoms with van der Waals surface area (Å²) in [5.74, 6) is 0.782. The number of sulfonamides is 1. The van der Waals surface area contributed by atoms with Crippen LogP contribution < -0.4 is 0 Å². The molecule has 0 radical (unpaired) electrons. The van der Waals surface area contributed by atoms with E-state index in [9.17, 15) is 13.2 Å². The third-order valence-corrected chi connectivity index (χ3v) is 9.16. The predicted molar refractivity (Wildman–Crippen MR) is 95.6 cm³/mol. The van der Waals surface area contributed by atoms with Gasteiger partial charge in [-0.25, -0.2) is 8.42 Å². The summed E-state index contributed by atoms with van der Waals surface area (Å²) in [6, 6.07) is 3.25. The summed E-state index contributed by atoms with van der Waals surface area (Å²) in [6.45, 7) is 4.49. The van der Waals surface area contributed by atoms with Crippen molar-refractivity contribution in [2.24, 2.45) is 22.7 Å². The van der Waals surface area contributed by atoms with Gasteiger partial charge in [0.25, 0.3) is 0 Å². The van der Waals surface area contributed by atoms with E-state index in [1.54, 1.807) is 22.6 Å². The van der Waals surface area contributed by atoms with Crippen LogP contribution in [0.3, 0.4) is 0 Å². The molecule has 0 N–H and O–H groups in total. The molecule has 0 aromatic carbocycles. The molecule has 26 heavy (non-hydrogen) atoms. The zero-order valence-electron chi connectivity index (χ0n) is 15.1. The average Bonchev–Trinajstić information content (AvgIpc) is 3.17. The third-order valence-electron chi connectivity index (χ3n) is 7.36. The molecule has 3 heterocycles. The summed E-state index contributed by atoms with van der Waals surface area (Å²) in [5, 5.41) is 0. The Labute approximate surface area is 154 Å². The Balaban J connectivity index is 1.29. The number of likely N-dealkylation sites (tertiary alicyclic amines) is 1. The molecule has 1 unspecified atom stereocenters. The standard InChI is InChI=1S/C19H25N3O3S/c1-18-12-21(17(23)16-8-19(16)5-3-6-19)10-14(18)11-22(13-18)26(24,25)15-4-2-7-20-9-15/h2,4,7,9,14,16H,3,5-6,8,10-13H2,1H3/t14-,16?,18+/m0/s1. The summed E-state index contributed by atoms with van der Waals surface area (Å²) in [7, 11) is -3.51. The Morgan fingerprint density at radius 2 is 2.08 bits per heavy atom. The minimum Gasteiger partial charge on any atom is -0.341 e. The van der Waals surface area contributed by atoms with Crippen LogP contribution in [0.4, 0.5) is 0 Å². The number of carbonyl (C=O) groups excluding carboxylic acids is 1. The van der Waals surface area contributed by atoms with Gasteiger partial charge in [0, 0.05) is 49.9 Å². The molecule has 2 aliphatic carbocycles. The van der Waals surface area contributed by atoms with Crippen LogP contribution >= 0.6 is 0 Å². The van der Waals surface area contributed by atoms with Crippen molar-refractivity contribution in [3.8, 4) is 0 Å². The van der Waals surface area contributed by atoms with Crippen molar-refractivity contribution in [2.75, 3.05) is 26.2 Å². The molecule has 6 nitrogen and oxygen atoms in total. The number of hydrogen-bond acceptors (Lipinski definition) is 4. The van der Waals surface area contributed by atoms with E-state index in [0.717, 1.165) is 6.42 Å². The Hall–Kier alpha value is -1.47. The first-order chi connectivity index (χ1) is 12.3. The van der Waals surface area contributed by atoms with Gasteiger partial charge in [-0.05, 0) is 42.7 Å². The molecule has 5 rings (SSSR count). The Morgan fingerprint density at radius 1 is 1.27 bits per heavy atom. The molecule has 0 bridgehead atoms. The van der Waals surface area contributed by atoms with Crippen LogP contribution in [0.25, 0.3) is 0 Å². The fraction of sp³-hybridized carbons (Fsp3) is 0.684. The monoisotopic (exact) mass is 375 g/mol. The highest BCUT2D eigenvalue weighted by atomic mass is 32.2. The predicted octanol–water partition coefficient (Wildman–Crippen LogP) is 1.74. The number of aromatic nitrogens is 1.